The van der Waals surface area contributed by atoms with Crippen LogP contribution in [0.3, 0.4) is 0 Å². The first kappa shape index (κ1) is 11.1. The van der Waals surface area contributed by atoms with E-state index in [1.54, 1.807) is 0 Å². The van der Waals surface area contributed by atoms with Crippen LogP contribution in [0.1, 0.15) is 33.6 Å². The molecule has 0 aliphatic rings. The van der Waals surface area contributed by atoms with E-state index in [0.717, 1.165) is 17.9 Å². The zero-order valence-corrected chi connectivity index (χ0v) is 8.76. The second-order valence-electron chi connectivity index (χ2n) is 2.26. The molecule has 0 aromatic heterocycles. The molecule has 0 fully saturated rings. The number of allylic oxidation sites excluding steroid dienone is 4. The van der Waals surface area contributed by atoms with Gasteiger partial charge >= 0.3 is 0 Å². The van der Waals surface area contributed by atoms with Crippen molar-refractivity contribution in [2.24, 2.45) is 0 Å². The third-order valence-corrected chi connectivity index (χ3v) is 2.60. The summed E-state index contributed by atoms with van der Waals surface area (Å²) in [5, 5.41) is 1.38. The van der Waals surface area contributed by atoms with Gasteiger partial charge in [0, 0.05) is 0 Å². The van der Waals surface area contributed by atoms with E-state index in [9.17, 15) is 0 Å². The Morgan fingerprint density at radius 1 is 1.18 bits per heavy atom. The quantitative estimate of drug-likeness (QED) is 0.581. The molecule has 0 nitrogen and oxygen atoms in total. The first-order valence-electron chi connectivity index (χ1n) is 3.87. The second-order valence-corrected chi connectivity index (χ2v) is 3.05. The molecule has 0 saturated heterocycles. The van der Waals surface area contributed by atoms with Crippen molar-refractivity contribution in [1.29, 1.82) is 0 Å². The molecule has 0 amide bonds. The van der Waals surface area contributed by atoms with Gasteiger partial charge in [-0.2, -0.15) is 0 Å². The van der Waals surface area contributed by atoms with Gasteiger partial charge in [0.2, 0.25) is 0 Å². The van der Waals surface area contributed by atoms with Crippen LogP contribution in [0.25, 0.3) is 0 Å². The number of rotatable bonds is 3. The van der Waals surface area contributed by atoms with Crippen molar-refractivity contribution >= 4 is 23.2 Å². The minimum absolute atomic E-state index is 0.658. The molecule has 11 heavy (non-hydrogen) atoms. The molecular weight excluding hydrogens is 179 g/mol. The Bertz CT molecular complexity index is 172. The lowest BCUT2D eigenvalue weighted by Gasteiger charge is -2.03. The van der Waals surface area contributed by atoms with Crippen molar-refractivity contribution < 1.29 is 0 Å². The molecule has 0 saturated carbocycles. The van der Waals surface area contributed by atoms with E-state index < -0.39 is 0 Å². The molecule has 0 radical (unpaired) electrons. The number of hydrogen-bond donors (Lipinski definition) is 0. The highest BCUT2D eigenvalue weighted by atomic mass is 35.5. The highest BCUT2D eigenvalue weighted by molar-refractivity contribution is 6.44. The average molecular weight is 193 g/mol. The first-order chi connectivity index (χ1) is 5.17. The van der Waals surface area contributed by atoms with Crippen LogP contribution < -0.4 is 0 Å². The fourth-order valence-corrected chi connectivity index (χ4v) is 1.37. The summed E-state index contributed by atoms with van der Waals surface area (Å²) < 4.78 is 0. The predicted octanol–water partition coefficient (Wildman–Crippen LogP) is 4.44. The lowest BCUT2D eigenvalue weighted by atomic mass is 10.1. The van der Waals surface area contributed by atoms with Gasteiger partial charge in [-0.15, -0.1) is 0 Å². The van der Waals surface area contributed by atoms with Crippen LogP contribution in [0, 0.1) is 0 Å². The minimum Gasteiger partial charge on any atom is -0.0831 e. The standard InChI is InChI=1S/C9H14Cl2/c1-4-7(5-2)9(11)8(10)6-3/h6H,4-5H2,1-3H3/b8-6+. The van der Waals surface area contributed by atoms with Crippen molar-refractivity contribution in [1.82, 2.24) is 0 Å². The van der Waals surface area contributed by atoms with Crippen LogP contribution in [-0.4, -0.2) is 0 Å². The molecule has 0 rings (SSSR count). The Hall–Kier alpha value is 0.0600. The van der Waals surface area contributed by atoms with E-state index in [-0.39, 0.29) is 0 Å². The Labute approximate surface area is 78.9 Å². The highest BCUT2D eigenvalue weighted by Crippen LogP contribution is 2.25. The van der Waals surface area contributed by atoms with Gasteiger partial charge in [0.05, 0.1) is 10.1 Å². The summed E-state index contributed by atoms with van der Waals surface area (Å²) in [7, 11) is 0. The van der Waals surface area contributed by atoms with Crippen molar-refractivity contribution in [3.05, 3.63) is 21.7 Å². The summed E-state index contributed by atoms with van der Waals surface area (Å²) in [5.41, 5.74) is 1.22. The molecular formula is C9H14Cl2. The minimum atomic E-state index is 0.658. The molecule has 0 atom stereocenters. The van der Waals surface area contributed by atoms with Crippen molar-refractivity contribution in [3.63, 3.8) is 0 Å². The lowest BCUT2D eigenvalue weighted by molar-refractivity contribution is 0.971. The average Bonchev–Trinajstić information content (AvgIpc) is 2.05. The fourth-order valence-electron chi connectivity index (χ4n) is 0.856. The monoisotopic (exact) mass is 192 g/mol. The van der Waals surface area contributed by atoms with E-state index in [2.05, 4.69) is 13.8 Å². The van der Waals surface area contributed by atoms with Crippen LogP contribution >= 0.6 is 23.2 Å². The maximum Gasteiger partial charge on any atom is 0.0580 e. The van der Waals surface area contributed by atoms with Crippen LogP contribution in [0.4, 0.5) is 0 Å². The summed E-state index contributed by atoms with van der Waals surface area (Å²) >= 11 is 11.8. The van der Waals surface area contributed by atoms with E-state index in [0.29, 0.717) is 5.03 Å². The normalized spacial score (nSPS) is 11.5. The van der Waals surface area contributed by atoms with Crippen molar-refractivity contribution in [2.75, 3.05) is 0 Å². The van der Waals surface area contributed by atoms with Crippen molar-refractivity contribution in [3.8, 4) is 0 Å². The lowest BCUT2D eigenvalue weighted by Crippen LogP contribution is -1.83. The molecule has 2 heteroatoms. The van der Waals surface area contributed by atoms with E-state index in [1.807, 2.05) is 13.0 Å². The highest BCUT2D eigenvalue weighted by Gasteiger charge is 2.02. The number of halogens is 2. The van der Waals surface area contributed by atoms with Crippen LogP contribution in [0.15, 0.2) is 21.7 Å². The smallest absolute Gasteiger partial charge is 0.0580 e. The van der Waals surface area contributed by atoms with Crippen LogP contribution in [0.5, 0.6) is 0 Å². The van der Waals surface area contributed by atoms with Gasteiger partial charge in [-0.3, -0.25) is 0 Å². The maximum absolute atomic E-state index is 5.98. The Morgan fingerprint density at radius 3 is 1.91 bits per heavy atom. The molecule has 0 aromatic carbocycles. The Balaban J connectivity index is 4.61. The second kappa shape index (κ2) is 5.68. The SMILES string of the molecule is C/C=C(/Cl)C(Cl)=C(CC)CC. The van der Waals surface area contributed by atoms with E-state index in [1.165, 1.54) is 5.57 Å². The van der Waals surface area contributed by atoms with Gasteiger partial charge in [-0.05, 0) is 19.8 Å². The topological polar surface area (TPSA) is 0 Å². The van der Waals surface area contributed by atoms with E-state index >= 15 is 0 Å². The fraction of sp³-hybridized carbons (Fsp3) is 0.556. The van der Waals surface area contributed by atoms with Gasteiger partial charge < -0.3 is 0 Å². The van der Waals surface area contributed by atoms with Gasteiger partial charge in [-0.25, -0.2) is 0 Å². The molecule has 0 aliphatic carbocycles. The Morgan fingerprint density at radius 2 is 1.64 bits per heavy atom. The molecule has 0 aliphatic heterocycles. The van der Waals surface area contributed by atoms with Gasteiger partial charge in [0.15, 0.2) is 0 Å². The largest absolute Gasteiger partial charge is 0.0831 e. The van der Waals surface area contributed by atoms with E-state index in [4.69, 9.17) is 23.2 Å². The molecule has 0 unspecified atom stereocenters. The zero-order valence-electron chi connectivity index (χ0n) is 7.25. The van der Waals surface area contributed by atoms with Crippen molar-refractivity contribution in [2.45, 2.75) is 33.6 Å². The summed E-state index contributed by atoms with van der Waals surface area (Å²) in [6, 6.07) is 0. The summed E-state index contributed by atoms with van der Waals surface area (Å²) in [4.78, 5) is 0. The van der Waals surface area contributed by atoms with Gasteiger partial charge in [-0.1, -0.05) is 48.7 Å². The van der Waals surface area contributed by atoms with Crippen LogP contribution in [0.2, 0.25) is 0 Å². The number of hydrogen-bond acceptors (Lipinski definition) is 0. The third-order valence-electron chi connectivity index (χ3n) is 1.63. The van der Waals surface area contributed by atoms with Gasteiger partial charge in [0.25, 0.3) is 0 Å². The Kier molecular flexibility index (Phi) is 5.71. The molecule has 0 spiro atoms. The molecule has 0 N–H and O–H groups in total. The predicted molar refractivity (Wildman–Crippen MR) is 53.1 cm³/mol. The molecule has 0 heterocycles. The molecule has 0 bridgehead atoms. The van der Waals surface area contributed by atoms with Crippen LogP contribution in [-0.2, 0) is 0 Å². The maximum atomic E-state index is 5.98. The molecule has 64 valence electrons. The molecule has 0 aromatic rings. The summed E-state index contributed by atoms with van der Waals surface area (Å²) in [6.07, 6.45) is 3.76. The first-order valence-corrected chi connectivity index (χ1v) is 4.62. The third kappa shape index (κ3) is 3.31. The van der Waals surface area contributed by atoms with Gasteiger partial charge in [0.1, 0.15) is 0 Å². The zero-order chi connectivity index (χ0) is 8.85. The summed E-state index contributed by atoms with van der Waals surface area (Å²) in [6.45, 7) is 6.05. The summed E-state index contributed by atoms with van der Waals surface area (Å²) in [5.74, 6) is 0.